The quantitative estimate of drug-likeness (QED) is 0.839. The van der Waals surface area contributed by atoms with Gasteiger partial charge in [0.2, 0.25) is 0 Å². The second-order valence-electron chi connectivity index (χ2n) is 4.41. The molecule has 1 heterocycles. The minimum Gasteiger partial charge on any atom is -0.384 e. The maximum absolute atomic E-state index is 12.5. The van der Waals surface area contributed by atoms with Crippen LogP contribution >= 0.6 is 12.4 Å². The van der Waals surface area contributed by atoms with E-state index in [9.17, 15) is 4.79 Å². The molecular formula is C14H24ClN3O2. The van der Waals surface area contributed by atoms with Crippen LogP contribution in [-0.2, 0) is 4.74 Å². The maximum Gasteiger partial charge on any atom is 0.272 e. The molecule has 0 aliphatic rings. The van der Waals surface area contributed by atoms with Crippen molar-refractivity contribution < 1.29 is 9.53 Å². The molecule has 0 saturated heterocycles. The second-order valence-corrected chi connectivity index (χ2v) is 4.41. The second kappa shape index (κ2) is 9.55. The van der Waals surface area contributed by atoms with Crippen LogP contribution in [0.5, 0.6) is 0 Å². The highest BCUT2D eigenvalue weighted by Crippen LogP contribution is 2.13. The van der Waals surface area contributed by atoms with Gasteiger partial charge in [-0.15, -0.1) is 12.4 Å². The number of nitrogens with two attached hydrogens (primary N) is 1. The number of nitrogens with zero attached hydrogens (tertiary/aromatic N) is 2. The van der Waals surface area contributed by atoms with Gasteiger partial charge in [-0.25, -0.2) is 4.98 Å². The van der Waals surface area contributed by atoms with Crippen molar-refractivity contribution in [3.05, 3.63) is 23.9 Å². The third kappa shape index (κ3) is 4.98. The van der Waals surface area contributed by atoms with Gasteiger partial charge in [0.15, 0.2) is 0 Å². The zero-order valence-electron chi connectivity index (χ0n) is 12.3. The molecule has 0 spiro atoms. The van der Waals surface area contributed by atoms with Crippen LogP contribution in [0.1, 0.15) is 37.2 Å². The first kappa shape index (κ1) is 18.7. The van der Waals surface area contributed by atoms with Crippen LogP contribution in [0.25, 0.3) is 0 Å². The summed E-state index contributed by atoms with van der Waals surface area (Å²) in [7, 11) is 1.63. The van der Waals surface area contributed by atoms with Gasteiger partial charge in [-0.3, -0.25) is 4.79 Å². The molecule has 0 fully saturated rings. The highest BCUT2D eigenvalue weighted by Gasteiger charge is 2.23. The predicted molar refractivity (Wildman–Crippen MR) is 83.2 cm³/mol. The number of rotatable bonds is 7. The average Bonchev–Trinajstić information content (AvgIpc) is 2.43. The fraction of sp³-hybridized carbons (Fsp3) is 0.571. The van der Waals surface area contributed by atoms with Gasteiger partial charge in [0.25, 0.3) is 5.91 Å². The summed E-state index contributed by atoms with van der Waals surface area (Å²) in [6.07, 6.45) is 1.82. The van der Waals surface area contributed by atoms with E-state index in [0.29, 0.717) is 24.7 Å². The zero-order chi connectivity index (χ0) is 14.3. The van der Waals surface area contributed by atoms with Crippen LogP contribution in [0, 0.1) is 0 Å². The number of anilines is 1. The molecule has 6 heteroatoms. The third-order valence-electron chi connectivity index (χ3n) is 3.17. The molecule has 0 aliphatic heterocycles. The summed E-state index contributed by atoms with van der Waals surface area (Å²) >= 11 is 0. The molecule has 1 rings (SSSR count). The maximum atomic E-state index is 12.5. The molecule has 0 saturated carbocycles. The van der Waals surface area contributed by atoms with Crippen molar-refractivity contribution in [3.63, 3.8) is 0 Å². The Balaban J connectivity index is 0.00000361. The first-order valence-electron chi connectivity index (χ1n) is 6.66. The number of amides is 1. The van der Waals surface area contributed by atoms with E-state index < -0.39 is 0 Å². The van der Waals surface area contributed by atoms with Gasteiger partial charge in [-0.05, 0) is 25.0 Å². The van der Waals surface area contributed by atoms with Crippen molar-refractivity contribution in [2.24, 2.45) is 0 Å². The van der Waals surface area contributed by atoms with Gasteiger partial charge in [0.1, 0.15) is 11.5 Å². The Morgan fingerprint density at radius 2 is 2.05 bits per heavy atom. The normalized spacial score (nSPS) is 10.2. The molecule has 0 atom stereocenters. The van der Waals surface area contributed by atoms with Crippen molar-refractivity contribution in [2.75, 3.05) is 26.0 Å². The molecule has 1 aromatic heterocycles. The van der Waals surface area contributed by atoms with Gasteiger partial charge in [-0.1, -0.05) is 19.9 Å². The molecule has 1 aromatic rings. The number of ether oxygens (including phenoxy) is 1. The van der Waals surface area contributed by atoms with Crippen molar-refractivity contribution in [1.82, 2.24) is 9.88 Å². The number of halogens is 1. The van der Waals surface area contributed by atoms with Crippen LogP contribution in [0.15, 0.2) is 18.2 Å². The Bertz CT molecular complexity index is 411. The van der Waals surface area contributed by atoms with E-state index in [1.54, 1.807) is 25.3 Å². The summed E-state index contributed by atoms with van der Waals surface area (Å²) in [5, 5.41) is 0. The standard InChI is InChI=1S/C14H23N3O2.ClH/c1-4-11(5-2)17(9-10-19-3)14(18)12-7-6-8-13(15)16-12;/h6-8,11H,4-5,9-10H2,1-3H3,(H2,15,16);1H. The Kier molecular flexibility index (Phi) is 8.92. The van der Waals surface area contributed by atoms with E-state index in [1.165, 1.54) is 0 Å². The van der Waals surface area contributed by atoms with Gasteiger partial charge in [0.05, 0.1) is 6.61 Å². The van der Waals surface area contributed by atoms with Crippen LogP contribution in [0.3, 0.4) is 0 Å². The summed E-state index contributed by atoms with van der Waals surface area (Å²) in [6, 6.07) is 5.32. The smallest absolute Gasteiger partial charge is 0.272 e. The fourth-order valence-corrected chi connectivity index (χ4v) is 2.09. The van der Waals surface area contributed by atoms with E-state index in [1.807, 2.05) is 4.90 Å². The SMILES string of the molecule is CCC(CC)N(CCOC)C(=O)c1cccc(N)n1.Cl. The summed E-state index contributed by atoms with van der Waals surface area (Å²) in [5.74, 6) is 0.278. The molecule has 20 heavy (non-hydrogen) atoms. The van der Waals surface area contributed by atoms with Crippen molar-refractivity contribution in [1.29, 1.82) is 0 Å². The van der Waals surface area contributed by atoms with Crippen molar-refractivity contribution >= 4 is 24.1 Å². The van der Waals surface area contributed by atoms with E-state index >= 15 is 0 Å². The Hall–Kier alpha value is -1.33. The van der Waals surface area contributed by atoms with Crippen molar-refractivity contribution in [2.45, 2.75) is 32.7 Å². The molecule has 0 aromatic carbocycles. The lowest BCUT2D eigenvalue weighted by molar-refractivity contribution is 0.0584. The predicted octanol–water partition coefficient (Wildman–Crippen LogP) is 2.36. The summed E-state index contributed by atoms with van der Waals surface area (Å²) in [6.45, 7) is 5.24. The summed E-state index contributed by atoms with van der Waals surface area (Å²) < 4.78 is 5.08. The Morgan fingerprint density at radius 1 is 1.40 bits per heavy atom. The molecule has 0 aliphatic carbocycles. The van der Waals surface area contributed by atoms with Crippen LogP contribution in [0.2, 0.25) is 0 Å². The van der Waals surface area contributed by atoms with Gasteiger partial charge < -0.3 is 15.4 Å². The van der Waals surface area contributed by atoms with Crippen molar-refractivity contribution in [3.8, 4) is 0 Å². The highest BCUT2D eigenvalue weighted by molar-refractivity contribution is 5.92. The lowest BCUT2D eigenvalue weighted by Gasteiger charge is -2.30. The number of nitrogen functional groups attached to an aromatic ring is 1. The molecule has 1 amide bonds. The topological polar surface area (TPSA) is 68.5 Å². The number of pyridine rings is 1. The van der Waals surface area contributed by atoms with Crippen LogP contribution in [0.4, 0.5) is 5.82 Å². The van der Waals surface area contributed by atoms with E-state index in [2.05, 4.69) is 18.8 Å². The number of carbonyl (C=O) groups is 1. The van der Waals surface area contributed by atoms with E-state index in [-0.39, 0.29) is 24.4 Å². The highest BCUT2D eigenvalue weighted by atomic mass is 35.5. The molecule has 0 unspecified atom stereocenters. The van der Waals surface area contributed by atoms with Crippen LogP contribution < -0.4 is 5.73 Å². The van der Waals surface area contributed by atoms with Gasteiger partial charge in [0, 0.05) is 19.7 Å². The molecule has 2 N–H and O–H groups in total. The average molecular weight is 302 g/mol. The first-order chi connectivity index (χ1) is 9.13. The first-order valence-corrected chi connectivity index (χ1v) is 6.66. The van der Waals surface area contributed by atoms with Gasteiger partial charge >= 0.3 is 0 Å². The number of carbonyl (C=O) groups excluding carboxylic acids is 1. The monoisotopic (exact) mass is 301 g/mol. The lowest BCUT2D eigenvalue weighted by Crippen LogP contribution is -2.42. The summed E-state index contributed by atoms with van der Waals surface area (Å²) in [5.41, 5.74) is 6.02. The number of methoxy groups -OCH3 is 1. The molecular weight excluding hydrogens is 278 g/mol. The number of aromatic nitrogens is 1. The fourth-order valence-electron chi connectivity index (χ4n) is 2.09. The molecule has 0 bridgehead atoms. The minimum atomic E-state index is -0.0851. The lowest BCUT2D eigenvalue weighted by atomic mass is 10.1. The Morgan fingerprint density at radius 3 is 2.55 bits per heavy atom. The largest absolute Gasteiger partial charge is 0.384 e. The molecule has 5 nitrogen and oxygen atoms in total. The minimum absolute atomic E-state index is 0. The summed E-state index contributed by atoms with van der Waals surface area (Å²) in [4.78, 5) is 18.4. The molecule has 114 valence electrons. The third-order valence-corrected chi connectivity index (χ3v) is 3.17. The van der Waals surface area contributed by atoms with E-state index in [4.69, 9.17) is 10.5 Å². The number of hydrogen-bond donors (Lipinski definition) is 1. The van der Waals surface area contributed by atoms with Crippen LogP contribution in [-0.4, -0.2) is 42.1 Å². The Labute approximate surface area is 126 Å². The molecule has 0 radical (unpaired) electrons. The zero-order valence-corrected chi connectivity index (χ0v) is 13.2. The van der Waals surface area contributed by atoms with Gasteiger partial charge in [-0.2, -0.15) is 0 Å². The van der Waals surface area contributed by atoms with E-state index in [0.717, 1.165) is 12.8 Å². The number of hydrogen-bond acceptors (Lipinski definition) is 4.